The van der Waals surface area contributed by atoms with E-state index in [0.29, 0.717) is 34.3 Å². The summed E-state index contributed by atoms with van der Waals surface area (Å²) in [4.78, 5) is 21.2. The van der Waals surface area contributed by atoms with E-state index in [-0.39, 0.29) is 17.2 Å². The number of aromatic nitrogens is 6. The molecule has 9 nitrogen and oxygen atoms in total. The van der Waals surface area contributed by atoms with Crippen molar-refractivity contribution in [2.24, 2.45) is 0 Å². The maximum atomic E-state index is 14.0. The Labute approximate surface area is 209 Å². The van der Waals surface area contributed by atoms with Crippen LogP contribution in [0, 0.1) is 0 Å². The summed E-state index contributed by atoms with van der Waals surface area (Å²) in [5.41, 5.74) is 1.14. The van der Waals surface area contributed by atoms with Gasteiger partial charge >= 0.3 is 6.18 Å². The molecule has 0 aliphatic carbocycles. The summed E-state index contributed by atoms with van der Waals surface area (Å²) in [5, 5.41) is 11.5. The van der Waals surface area contributed by atoms with E-state index in [9.17, 15) is 17.6 Å². The average molecular weight is 514 g/mol. The van der Waals surface area contributed by atoms with Crippen LogP contribution >= 0.6 is 0 Å². The lowest BCUT2D eigenvalue weighted by atomic mass is 10.1. The van der Waals surface area contributed by atoms with Gasteiger partial charge in [-0.3, -0.25) is 0 Å². The standard InChI is InChI=1S/C24H23F4N9/c1-36(2)16-6-8-37(13-16)20-9-14(10-25)21(35-34-20)18-12-31-22-17(5-7-29-23(22)33-18)32-19-4-3-15(11-30-19)24(26,27)28/h3-5,7,9,11-12,16H,6,8,10,13H2,1-2H3,(H,29,30,32,33). The molecule has 1 aliphatic heterocycles. The van der Waals surface area contributed by atoms with Gasteiger partial charge in [-0.05, 0) is 44.8 Å². The molecule has 5 heterocycles. The summed E-state index contributed by atoms with van der Waals surface area (Å²) < 4.78 is 52.4. The Hall–Kier alpha value is -4.00. The summed E-state index contributed by atoms with van der Waals surface area (Å²) in [5.74, 6) is 0.814. The van der Waals surface area contributed by atoms with Crippen molar-refractivity contribution in [1.82, 2.24) is 35.0 Å². The van der Waals surface area contributed by atoms with Crippen molar-refractivity contribution in [2.45, 2.75) is 25.3 Å². The molecule has 1 N–H and O–H groups in total. The summed E-state index contributed by atoms with van der Waals surface area (Å²) in [6.45, 7) is 0.846. The van der Waals surface area contributed by atoms with Gasteiger partial charge in [-0.2, -0.15) is 13.2 Å². The largest absolute Gasteiger partial charge is 0.417 e. The van der Waals surface area contributed by atoms with Crippen molar-refractivity contribution in [3.05, 3.63) is 54.0 Å². The second kappa shape index (κ2) is 9.81. The Morgan fingerprint density at radius 2 is 1.92 bits per heavy atom. The minimum Gasteiger partial charge on any atom is -0.353 e. The Balaban J connectivity index is 1.41. The topological polar surface area (TPSA) is 95.8 Å². The number of hydrogen-bond donors (Lipinski definition) is 1. The lowest BCUT2D eigenvalue weighted by Crippen LogP contribution is -2.31. The normalized spacial score (nSPS) is 16.1. The highest BCUT2D eigenvalue weighted by atomic mass is 19.4. The molecule has 1 fully saturated rings. The number of nitrogens with one attached hydrogen (secondary N) is 1. The van der Waals surface area contributed by atoms with Gasteiger partial charge in [0.05, 0.1) is 17.4 Å². The van der Waals surface area contributed by atoms with Crippen LogP contribution in [-0.4, -0.2) is 68.3 Å². The third-order valence-corrected chi connectivity index (χ3v) is 6.26. The van der Waals surface area contributed by atoms with Crippen molar-refractivity contribution >= 4 is 28.5 Å². The van der Waals surface area contributed by atoms with Crippen LogP contribution in [0.4, 0.5) is 34.9 Å². The predicted molar refractivity (Wildman–Crippen MR) is 130 cm³/mol. The van der Waals surface area contributed by atoms with Gasteiger partial charge in [0.1, 0.15) is 29.4 Å². The average Bonchev–Trinajstić information content (AvgIpc) is 3.39. The number of pyridine rings is 2. The molecule has 4 aromatic rings. The third kappa shape index (κ3) is 5.12. The maximum Gasteiger partial charge on any atom is 0.417 e. The molecule has 1 saturated heterocycles. The van der Waals surface area contributed by atoms with Crippen LogP contribution in [0.25, 0.3) is 22.6 Å². The molecule has 0 aromatic carbocycles. The zero-order valence-corrected chi connectivity index (χ0v) is 20.0. The number of anilines is 3. The highest BCUT2D eigenvalue weighted by Gasteiger charge is 2.30. The summed E-state index contributed by atoms with van der Waals surface area (Å²) in [6, 6.07) is 5.85. The molecule has 0 bridgehead atoms. The van der Waals surface area contributed by atoms with Crippen molar-refractivity contribution < 1.29 is 17.6 Å². The second-order valence-corrected chi connectivity index (χ2v) is 8.90. The molecule has 1 unspecified atom stereocenters. The molecule has 4 aromatic heterocycles. The Kier molecular flexibility index (Phi) is 6.54. The van der Waals surface area contributed by atoms with Gasteiger partial charge in [-0.15, -0.1) is 10.2 Å². The van der Waals surface area contributed by atoms with E-state index >= 15 is 0 Å². The molecule has 192 valence electrons. The van der Waals surface area contributed by atoms with Crippen LogP contribution < -0.4 is 10.2 Å². The molecule has 0 spiro atoms. The van der Waals surface area contributed by atoms with Crippen molar-refractivity contribution in [3.63, 3.8) is 0 Å². The lowest BCUT2D eigenvalue weighted by Gasteiger charge is -2.21. The van der Waals surface area contributed by atoms with E-state index in [1.807, 2.05) is 14.1 Å². The van der Waals surface area contributed by atoms with Gasteiger partial charge in [-0.25, -0.2) is 24.3 Å². The molecule has 5 rings (SSSR count). The Bertz CT molecular complexity index is 1410. The summed E-state index contributed by atoms with van der Waals surface area (Å²) in [7, 11) is 4.06. The van der Waals surface area contributed by atoms with Crippen molar-refractivity contribution in [2.75, 3.05) is 37.4 Å². The number of alkyl halides is 4. The zero-order chi connectivity index (χ0) is 26.2. The number of nitrogens with zero attached hydrogens (tertiary/aromatic N) is 8. The second-order valence-electron chi connectivity index (χ2n) is 8.90. The van der Waals surface area contributed by atoms with Crippen LogP contribution in [0.5, 0.6) is 0 Å². The molecule has 0 radical (unpaired) electrons. The fourth-order valence-corrected chi connectivity index (χ4v) is 4.17. The van der Waals surface area contributed by atoms with Gasteiger partial charge in [-0.1, -0.05) is 0 Å². The van der Waals surface area contributed by atoms with Gasteiger partial charge in [0.2, 0.25) is 0 Å². The molecule has 1 aliphatic rings. The van der Waals surface area contributed by atoms with Crippen LogP contribution in [-0.2, 0) is 12.9 Å². The highest BCUT2D eigenvalue weighted by Crippen LogP contribution is 2.31. The first-order chi connectivity index (χ1) is 17.7. The fraction of sp³-hybridized carbons (Fsp3) is 0.333. The quantitative estimate of drug-likeness (QED) is 0.380. The molecule has 13 heteroatoms. The summed E-state index contributed by atoms with van der Waals surface area (Å²) in [6.07, 6.45) is 0.183. The van der Waals surface area contributed by atoms with Crippen LogP contribution in [0.3, 0.4) is 0 Å². The molecule has 0 saturated carbocycles. The van der Waals surface area contributed by atoms with E-state index < -0.39 is 18.4 Å². The third-order valence-electron chi connectivity index (χ3n) is 6.26. The summed E-state index contributed by atoms with van der Waals surface area (Å²) >= 11 is 0. The first-order valence-corrected chi connectivity index (χ1v) is 11.5. The molecule has 1 atom stereocenters. The van der Waals surface area contributed by atoms with E-state index in [1.54, 1.807) is 12.1 Å². The zero-order valence-electron chi connectivity index (χ0n) is 20.0. The monoisotopic (exact) mass is 513 g/mol. The van der Waals surface area contributed by atoms with Gasteiger partial charge < -0.3 is 15.1 Å². The Morgan fingerprint density at radius 1 is 1.08 bits per heavy atom. The van der Waals surface area contributed by atoms with Gasteiger partial charge in [0.25, 0.3) is 0 Å². The number of likely N-dealkylation sites (N-methyl/N-ethyl adjacent to an activating group) is 1. The fourth-order valence-electron chi connectivity index (χ4n) is 4.17. The minimum absolute atomic E-state index is 0.200. The van der Waals surface area contributed by atoms with Crippen LogP contribution in [0.1, 0.15) is 17.5 Å². The SMILES string of the molecule is CN(C)C1CCN(c2cc(CF)c(-c3cnc4c(Nc5ccc(C(F)(F)F)cn5)ccnc4n3)nn2)C1. The van der Waals surface area contributed by atoms with E-state index in [1.165, 1.54) is 18.5 Å². The van der Waals surface area contributed by atoms with Gasteiger partial charge in [0, 0.05) is 37.1 Å². The van der Waals surface area contributed by atoms with Crippen molar-refractivity contribution in [1.29, 1.82) is 0 Å². The van der Waals surface area contributed by atoms with E-state index in [4.69, 9.17) is 0 Å². The van der Waals surface area contributed by atoms with E-state index in [0.717, 1.165) is 31.8 Å². The maximum absolute atomic E-state index is 14.0. The minimum atomic E-state index is -4.47. The molecular formula is C24H23F4N9. The Morgan fingerprint density at radius 3 is 2.59 bits per heavy atom. The molecular weight excluding hydrogens is 490 g/mol. The first-order valence-electron chi connectivity index (χ1n) is 11.5. The first kappa shape index (κ1) is 24.7. The van der Waals surface area contributed by atoms with Crippen molar-refractivity contribution in [3.8, 4) is 11.4 Å². The van der Waals surface area contributed by atoms with E-state index in [2.05, 4.69) is 45.2 Å². The van der Waals surface area contributed by atoms with Gasteiger partial charge in [0.15, 0.2) is 11.5 Å². The highest BCUT2D eigenvalue weighted by molar-refractivity contribution is 5.87. The molecule has 37 heavy (non-hydrogen) atoms. The molecule has 0 amide bonds. The van der Waals surface area contributed by atoms with Crippen LogP contribution in [0.15, 0.2) is 42.9 Å². The lowest BCUT2D eigenvalue weighted by molar-refractivity contribution is -0.137. The number of fused-ring (bicyclic) bond motifs is 1. The van der Waals surface area contributed by atoms with Crippen LogP contribution in [0.2, 0.25) is 0 Å². The number of hydrogen-bond acceptors (Lipinski definition) is 9. The predicted octanol–water partition coefficient (Wildman–Crippen LogP) is 4.25. The smallest absolute Gasteiger partial charge is 0.353 e. The number of halogens is 4. The number of rotatable bonds is 6.